The summed E-state index contributed by atoms with van der Waals surface area (Å²) in [5, 5.41) is 15.0. The molecule has 0 radical (unpaired) electrons. The summed E-state index contributed by atoms with van der Waals surface area (Å²) in [5.74, 6) is -1.23. The van der Waals surface area contributed by atoms with Gasteiger partial charge in [0.15, 0.2) is 0 Å². The maximum Gasteiger partial charge on any atom is 0.269 e. The molecule has 4 rings (SSSR count). The van der Waals surface area contributed by atoms with Crippen molar-refractivity contribution in [1.82, 2.24) is 15.8 Å². The van der Waals surface area contributed by atoms with Crippen molar-refractivity contribution >= 4 is 17.5 Å². The van der Waals surface area contributed by atoms with Gasteiger partial charge in [-0.1, -0.05) is 42.5 Å². The topological polar surface area (TPSA) is 105 Å². The van der Waals surface area contributed by atoms with Crippen molar-refractivity contribution in [2.45, 2.75) is 18.6 Å². The van der Waals surface area contributed by atoms with Gasteiger partial charge in [0.1, 0.15) is 6.04 Å². The van der Waals surface area contributed by atoms with Gasteiger partial charge in [0.25, 0.3) is 5.69 Å². The highest BCUT2D eigenvalue weighted by atomic mass is 16.6. The molecule has 132 valence electrons. The number of nitro groups is 1. The van der Waals surface area contributed by atoms with Gasteiger partial charge in [-0.25, -0.2) is 10.4 Å². The minimum absolute atomic E-state index is 0.0172. The van der Waals surface area contributed by atoms with Crippen LogP contribution in [0.25, 0.3) is 0 Å². The third-order valence-electron chi connectivity index (χ3n) is 4.82. The molecule has 2 aromatic carbocycles. The molecular weight excluding hydrogens is 336 g/mol. The third kappa shape index (κ3) is 2.75. The number of amides is 2. The Kier molecular flexibility index (Phi) is 3.98. The van der Waals surface area contributed by atoms with Crippen LogP contribution in [0.2, 0.25) is 0 Å². The molecule has 0 aromatic heterocycles. The molecule has 2 aromatic rings. The quantitative estimate of drug-likeness (QED) is 0.488. The molecule has 0 aliphatic carbocycles. The van der Waals surface area contributed by atoms with Crippen LogP contribution in [-0.2, 0) is 16.1 Å². The molecule has 2 fully saturated rings. The normalized spacial score (nSPS) is 25.2. The van der Waals surface area contributed by atoms with Crippen LogP contribution in [0.4, 0.5) is 5.69 Å². The molecule has 2 N–H and O–H groups in total. The van der Waals surface area contributed by atoms with Crippen molar-refractivity contribution in [2.75, 3.05) is 0 Å². The van der Waals surface area contributed by atoms with E-state index in [0.29, 0.717) is 6.54 Å². The standard InChI is InChI=1S/C18H16N4O4/c23-17-14-15(12-6-8-13(9-7-12)22(25)26)20-21(16(14)18(24)19-17)10-11-4-2-1-3-5-11/h1-9,14-16,20H,10H2,(H,19,23,24)/t14-,15-,16+/m0/s1. The summed E-state index contributed by atoms with van der Waals surface area (Å²) < 4.78 is 0. The Morgan fingerprint density at radius 1 is 1.00 bits per heavy atom. The number of hydrogen-bond acceptors (Lipinski definition) is 6. The minimum atomic E-state index is -0.608. The Labute approximate surface area is 148 Å². The molecule has 0 saturated carbocycles. The van der Waals surface area contributed by atoms with E-state index in [9.17, 15) is 19.7 Å². The minimum Gasteiger partial charge on any atom is -0.295 e. The zero-order valence-corrected chi connectivity index (χ0v) is 13.7. The number of hydrazine groups is 1. The number of carbonyl (C=O) groups excluding carboxylic acids is 2. The van der Waals surface area contributed by atoms with Crippen molar-refractivity contribution in [3.8, 4) is 0 Å². The van der Waals surface area contributed by atoms with Gasteiger partial charge >= 0.3 is 0 Å². The average molecular weight is 352 g/mol. The van der Waals surface area contributed by atoms with Crippen molar-refractivity contribution in [3.05, 3.63) is 75.8 Å². The number of nitrogens with zero attached hydrogens (tertiary/aromatic N) is 2. The van der Waals surface area contributed by atoms with Crippen LogP contribution in [0.15, 0.2) is 54.6 Å². The number of carbonyl (C=O) groups is 2. The van der Waals surface area contributed by atoms with Crippen molar-refractivity contribution in [2.24, 2.45) is 5.92 Å². The highest BCUT2D eigenvalue weighted by Gasteiger charge is 2.54. The van der Waals surface area contributed by atoms with E-state index in [1.807, 2.05) is 30.3 Å². The number of hydrogen-bond donors (Lipinski definition) is 2. The monoisotopic (exact) mass is 352 g/mol. The summed E-state index contributed by atoms with van der Waals surface area (Å²) in [5.41, 5.74) is 4.97. The average Bonchev–Trinajstić information content (AvgIpc) is 3.15. The van der Waals surface area contributed by atoms with E-state index in [1.165, 1.54) is 12.1 Å². The van der Waals surface area contributed by atoms with E-state index in [4.69, 9.17) is 0 Å². The molecule has 2 saturated heterocycles. The maximum absolute atomic E-state index is 12.3. The van der Waals surface area contributed by atoms with Gasteiger partial charge < -0.3 is 0 Å². The van der Waals surface area contributed by atoms with Crippen LogP contribution in [0.3, 0.4) is 0 Å². The van der Waals surface area contributed by atoms with E-state index in [1.54, 1.807) is 17.1 Å². The predicted molar refractivity (Wildman–Crippen MR) is 91.4 cm³/mol. The summed E-state index contributed by atoms with van der Waals surface area (Å²) in [6.45, 7) is 0.464. The van der Waals surface area contributed by atoms with E-state index >= 15 is 0 Å². The van der Waals surface area contributed by atoms with E-state index in [0.717, 1.165) is 11.1 Å². The van der Waals surface area contributed by atoms with Gasteiger partial charge in [-0.15, -0.1) is 0 Å². The van der Waals surface area contributed by atoms with Crippen LogP contribution in [0.5, 0.6) is 0 Å². The number of nitro benzene ring substituents is 1. The van der Waals surface area contributed by atoms with Crippen LogP contribution >= 0.6 is 0 Å². The lowest BCUT2D eigenvalue weighted by atomic mass is 9.91. The number of rotatable bonds is 4. The molecular formula is C18H16N4O4. The lowest BCUT2D eigenvalue weighted by molar-refractivity contribution is -0.384. The second-order valence-electron chi connectivity index (χ2n) is 6.39. The molecule has 8 heteroatoms. The van der Waals surface area contributed by atoms with Gasteiger partial charge in [-0.3, -0.25) is 25.0 Å². The maximum atomic E-state index is 12.3. The molecule has 3 atom stereocenters. The first-order valence-corrected chi connectivity index (χ1v) is 8.20. The first-order chi connectivity index (χ1) is 12.5. The zero-order valence-electron chi connectivity index (χ0n) is 13.7. The van der Waals surface area contributed by atoms with Crippen molar-refractivity contribution in [3.63, 3.8) is 0 Å². The first kappa shape index (κ1) is 16.4. The Balaban J connectivity index is 1.64. The Bertz CT molecular complexity index is 869. The van der Waals surface area contributed by atoms with Gasteiger partial charge in [0, 0.05) is 18.7 Å². The number of non-ortho nitro benzene ring substituents is 1. The predicted octanol–water partition coefficient (Wildman–Crippen LogP) is 1.30. The largest absolute Gasteiger partial charge is 0.295 e. The second kappa shape index (κ2) is 6.32. The SMILES string of the molecule is O=C1NC(=O)[C@H]2[C@@H]1[C@H](c1ccc([N+](=O)[O-])cc1)NN2Cc1ccccc1. The molecule has 8 nitrogen and oxygen atoms in total. The molecule has 2 amide bonds. The fourth-order valence-corrected chi connectivity index (χ4v) is 3.60. The van der Waals surface area contributed by atoms with Crippen LogP contribution in [0, 0.1) is 16.0 Å². The van der Waals surface area contributed by atoms with Crippen LogP contribution in [0.1, 0.15) is 17.2 Å². The molecule has 0 spiro atoms. The summed E-state index contributed by atoms with van der Waals surface area (Å²) in [6, 6.07) is 14.7. The van der Waals surface area contributed by atoms with Gasteiger partial charge in [0.05, 0.1) is 16.9 Å². The summed E-state index contributed by atoms with van der Waals surface area (Å²) in [7, 11) is 0. The number of nitrogens with one attached hydrogen (secondary N) is 2. The number of benzene rings is 2. The van der Waals surface area contributed by atoms with Gasteiger partial charge in [-0.2, -0.15) is 0 Å². The molecule has 0 unspecified atom stereocenters. The lowest BCUT2D eigenvalue weighted by Crippen LogP contribution is -2.43. The fourth-order valence-electron chi connectivity index (χ4n) is 3.60. The summed E-state index contributed by atoms with van der Waals surface area (Å²) in [6.07, 6.45) is 0. The van der Waals surface area contributed by atoms with Gasteiger partial charge in [0.2, 0.25) is 11.8 Å². The smallest absolute Gasteiger partial charge is 0.269 e. The highest BCUT2D eigenvalue weighted by molar-refractivity contribution is 6.07. The number of fused-ring (bicyclic) bond motifs is 1. The molecule has 2 aliphatic rings. The fraction of sp³-hybridized carbons (Fsp3) is 0.222. The van der Waals surface area contributed by atoms with Crippen LogP contribution < -0.4 is 10.7 Å². The summed E-state index contributed by atoms with van der Waals surface area (Å²) in [4.78, 5) is 35.0. The molecule has 2 aliphatic heterocycles. The second-order valence-corrected chi connectivity index (χ2v) is 6.39. The van der Waals surface area contributed by atoms with E-state index < -0.39 is 22.9 Å². The third-order valence-corrected chi connectivity index (χ3v) is 4.82. The molecule has 0 bridgehead atoms. The Morgan fingerprint density at radius 2 is 1.69 bits per heavy atom. The lowest BCUT2D eigenvalue weighted by Gasteiger charge is -2.22. The first-order valence-electron chi connectivity index (χ1n) is 8.20. The Hall–Kier alpha value is -3.10. The highest BCUT2D eigenvalue weighted by Crippen LogP contribution is 2.37. The molecule has 26 heavy (non-hydrogen) atoms. The van der Waals surface area contributed by atoms with Crippen molar-refractivity contribution < 1.29 is 14.5 Å². The van der Waals surface area contributed by atoms with Crippen molar-refractivity contribution in [1.29, 1.82) is 0 Å². The Morgan fingerprint density at radius 3 is 2.35 bits per heavy atom. The van der Waals surface area contributed by atoms with E-state index in [-0.39, 0.29) is 17.5 Å². The van der Waals surface area contributed by atoms with Gasteiger partial charge in [-0.05, 0) is 11.1 Å². The molecule has 2 heterocycles. The van der Waals surface area contributed by atoms with E-state index in [2.05, 4.69) is 10.7 Å². The number of imide groups is 1. The van der Waals surface area contributed by atoms with Crippen LogP contribution in [-0.4, -0.2) is 27.8 Å². The zero-order chi connectivity index (χ0) is 18.3. The summed E-state index contributed by atoms with van der Waals surface area (Å²) >= 11 is 0.